The van der Waals surface area contributed by atoms with Gasteiger partial charge in [-0.15, -0.1) is 0 Å². The lowest BCUT2D eigenvalue weighted by Gasteiger charge is -2.34. The molecule has 1 aromatic carbocycles. The Morgan fingerprint density at radius 2 is 2.11 bits per heavy atom. The fraction of sp³-hybridized carbons (Fsp3) is 0.538. The molecule has 0 spiro atoms. The minimum absolute atomic E-state index is 0.0280. The summed E-state index contributed by atoms with van der Waals surface area (Å²) in [6.07, 6.45) is 2.12. The van der Waals surface area contributed by atoms with Gasteiger partial charge in [-0.1, -0.05) is 11.6 Å². The highest BCUT2D eigenvalue weighted by Gasteiger charge is 2.22. The summed E-state index contributed by atoms with van der Waals surface area (Å²) in [5.41, 5.74) is 7.53. The number of anilines is 1. The Bertz CT molecular complexity index is 485. The summed E-state index contributed by atoms with van der Waals surface area (Å²) in [6.45, 7) is 4.47. The van der Waals surface area contributed by atoms with Crippen molar-refractivity contribution >= 4 is 23.0 Å². The Morgan fingerprint density at radius 1 is 1.47 bits per heavy atom. The van der Waals surface area contributed by atoms with E-state index in [1.165, 1.54) is 0 Å². The van der Waals surface area contributed by atoms with Crippen LogP contribution in [-0.2, 0) is 0 Å². The number of nitro groups is 1. The molecule has 0 unspecified atom stereocenters. The molecule has 2 rings (SSSR count). The van der Waals surface area contributed by atoms with Crippen LogP contribution in [-0.4, -0.2) is 24.6 Å². The van der Waals surface area contributed by atoms with Crippen molar-refractivity contribution in [2.24, 2.45) is 11.7 Å². The highest BCUT2D eigenvalue weighted by atomic mass is 35.5. The van der Waals surface area contributed by atoms with Crippen LogP contribution in [0.3, 0.4) is 0 Å². The van der Waals surface area contributed by atoms with Crippen LogP contribution in [0.4, 0.5) is 11.4 Å². The maximum Gasteiger partial charge on any atom is 0.288 e. The minimum Gasteiger partial charge on any atom is -0.371 e. The van der Waals surface area contributed by atoms with Gasteiger partial charge in [0.2, 0.25) is 0 Å². The highest BCUT2D eigenvalue weighted by Crippen LogP contribution is 2.34. The Balaban J connectivity index is 2.22. The van der Waals surface area contributed by atoms with Gasteiger partial charge < -0.3 is 10.6 Å². The Kier molecular flexibility index (Phi) is 4.27. The van der Waals surface area contributed by atoms with Crippen LogP contribution in [0.25, 0.3) is 0 Å². The van der Waals surface area contributed by atoms with Gasteiger partial charge in [0.25, 0.3) is 5.69 Å². The Morgan fingerprint density at radius 3 is 2.63 bits per heavy atom. The molecule has 2 N–H and O–H groups in total. The molecular weight excluding hydrogens is 266 g/mol. The third-order valence-electron chi connectivity index (χ3n) is 3.75. The van der Waals surface area contributed by atoms with Gasteiger partial charge >= 0.3 is 0 Å². The Hall–Kier alpha value is -1.33. The first kappa shape index (κ1) is 14.1. The lowest BCUT2D eigenvalue weighted by Crippen LogP contribution is -2.36. The third-order valence-corrected chi connectivity index (χ3v) is 4.05. The predicted octanol–water partition coefficient (Wildman–Crippen LogP) is 2.73. The predicted molar refractivity (Wildman–Crippen MR) is 76.8 cm³/mol. The quantitative estimate of drug-likeness (QED) is 0.684. The van der Waals surface area contributed by atoms with Crippen LogP contribution in [0.1, 0.15) is 18.4 Å². The number of rotatable bonds is 3. The van der Waals surface area contributed by atoms with Crippen LogP contribution in [0.2, 0.25) is 5.02 Å². The van der Waals surface area contributed by atoms with Crippen LogP contribution >= 0.6 is 11.6 Å². The number of aryl methyl sites for hydroxylation is 1. The molecule has 1 aromatic rings. The maximum atomic E-state index is 10.8. The average molecular weight is 284 g/mol. The van der Waals surface area contributed by atoms with Crippen molar-refractivity contribution in [3.63, 3.8) is 0 Å². The van der Waals surface area contributed by atoms with E-state index in [0.717, 1.165) is 43.7 Å². The number of piperidine rings is 1. The first-order chi connectivity index (χ1) is 9.02. The average Bonchev–Trinajstić information content (AvgIpc) is 2.41. The van der Waals surface area contributed by atoms with E-state index in [1.807, 2.05) is 6.92 Å². The molecule has 104 valence electrons. The SMILES string of the molecule is Cc1cc([N+](=O)[O-])c(Cl)cc1N1CCC(CN)CC1. The summed E-state index contributed by atoms with van der Waals surface area (Å²) in [4.78, 5) is 12.6. The standard InChI is InChI=1S/C13H18ClN3O2/c1-9-6-13(17(18)19)11(14)7-12(9)16-4-2-10(8-15)3-5-16/h6-7,10H,2-5,8,15H2,1H3. The third kappa shape index (κ3) is 2.98. The molecule has 0 aliphatic carbocycles. The van der Waals surface area contributed by atoms with Gasteiger partial charge in [-0.25, -0.2) is 0 Å². The van der Waals surface area contributed by atoms with Gasteiger partial charge in [-0.05, 0) is 43.9 Å². The van der Waals surface area contributed by atoms with Crippen LogP contribution in [0.5, 0.6) is 0 Å². The second-order valence-corrected chi connectivity index (χ2v) is 5.42. The molecule has 19 heavy (non-hydrogen) atoms. The van der Waals surface area contributed by atoms with Crippen molar-refractivity contribution in [2.45, 2.75) is 19.8 Å². The van der Waals surface area contributed by atoms with Crippen molar-refractivity contribution in [3.05, 3.63) is 32.8 Å². The van der Waals surface area contributed by atoms with Crippen LogP contribution < -0.4 is 10.6 Å². The van der Waals surface area contributed by atoms with E-state index in [1.54, 1.807) is 12.1 Å². The summed E-state index contributed by atoms with van der Waals surface area (Å²) in [5, 5.41) is 11.0. The smallest absolute Gasteiger partial charge is 0.288 e. The molecule has 0 atom stereocenters. The van der Waals surface area contributed by atoms with E-state index >= 15 is 0 Å². The number of nitrogens with two attached hydrogens (primary N) is 1. The monoisotopic (exact) mass is 283 g/mol. The number of benzene rings is 1. The molecule has 1 saturated heterocycles. The summed E-state index contributed by atoms with van der Waals surface area (Å²) < 4.78 is 0. The molecule has 6 heteroatoms. The number of nitro benzene ring substituents is 1. The number of hydrogen-bond donors (Lipinski definition) is 1. The largest absolute Gasteiger partial charge is 0.371 e. The van der Waals surface area contributed by atoms with E-state index in [2.05, 4.69) is 4.90 Å². The second-order valence-electron chi connectivity index (χ2n) is 5.01. The van der Waals surface area contributed by atoms with E-state index in [0.29, 0.717) is 5.92 Å². The normalized spacial score (nSPS) is 16.7. The summed E-state index contributed by atoms with van der Waals surface area (Å²) >= 11 is 5.98. The number of nitrogens with zero attached hydrogens (tertiary/aromatic N) is 2. The van der Waals surface area contributed by atoms with E-state index in [4.69, 9.17) is 17.3 Å². The zero-order valence-electron chi connectivity index (χ0n) is 10.9. The van der Waals surface area contributed by atoms with Gasteiger partial charge in [0, 0.05) is 24.8 Å². The summed E-state index contributed by atoms with van der Waals surface area (Å²) in [7, 11) is 0. The van der Waals surface area contributed by atoms with Gasteiger partial charge in [-0.2, -0.15) is 0 Å². The lowest BCUT2D eigenvalue weighted by atomic mass is 9.96. The van der Waals surface area contributed by atoms with Crippen molar-refractivity contribution in [1.82, 2.24) is 0 Å². The lowest BCUT2D eigenvalue weighted by molar-refractivity contribution is -0.384. The Labute approximate surface area is 117 Å². The van der Waals surface area contributed by atoms with E-state index in [9.17, 15) is 10.1 Å². The minimum atomic E-state index is -0.445. The van der Waals surface area contributed by atoms with E-state index < -0.39 is 4.92 Å². The molecule has 0 aromatic heterocycles. The zero-order chi connectivity index (χ0) is 14.0. The number of halogens is 1. The molecule has 0 saturated carbocycles. The second kappa shape index (κ2) is 5.75. The fourth-order valence-electron chi connectivity index (χ4n) is 2.55. The molecule has 1 heterocycles. The number of hydrogen-bond acceptors (Lipinski definition) is 4. The molecular formula is C13H18ClN3O2. The fourth-order valence-corrected chi connectivity index (χ4v) is 2.77. The summed E-state index contributed by atoms with van der Waals surface area (Å²) in [6, 6.07) is 3.25. The molecule has 1 aliphatic rings. The van der Waals surface area contributed by atoms with E-state index in [-0.39, 0.29) is 10.7 Å². The van der Waals surface area contributed by atoms with Crippen LogP contribution in [0, 0.1) is 23.0 Å². The summed E-state index contributed by atoms with van der Waals surface area (Å²) in [5.74, 6) is 0.588. The molecule has 5 nitrogen and oxygen atoms in total. The van der Waals surface area contributed by atoms with Crippen molar-refractivity contribution in [2.75, 3.05) is 24.5 Å². The van der Waals surface area contributed by atoms with Crippen molar-refractivity contribution < 1.29 is 4.92 Å². The topological polar surface area (TPSA) is 72.4 Å². The molecule has 0 bridgehead atoms. The van der Waals surface area contributed by atoms with Gasteiger partial charge in [0.05, 0.1) is 4.92 Å². The maximum absolute atomic E-state index is 10.8. The van der Waals surface area contributed by atoms with Crippen molar-refractivity contribution in [3.8, 4) is 0 Å². The molecule has 1 fully saturated rings. The molecule has 0 radical (unpaired) electrons. The van der Waals surface area contributed by atoms with Gasteiger partial charge in [0.15, 0.2) is 0 Å². The van der Waals surface area contributed by atoms with Gasteiger partial charge in [0.1, 0.15) is 5.02 Å². The molecule has 0 amide bonds. The molecule has 1 aliphatic heterocycles. The highest BCUT2D eigenvalue weighted by molar-refractivity contribution is 6.33. The van der Waals surface area contributed by atoms with Crippen LogP contribution in [0.15, 0.2) is 12.1 Å². The van der Waals surface area contributed by atoms with Crippen molar-refractivity contribution in [1.29, 1.82) is 0 Å². The first-order valence-corrected chi connectivity index (χ1v) is 6.80. The first-order valence-electron chi connectivity index (χ1n) is 6.42. The zero-order valence-corrected chi connectivity index (χ0v) is 11.7. The van der Waals surface area contributed by atoms with Gasteiger partial charge in [-0.3, -0.25) is 10.1 Å².